The number of rotatable bonds is 5. The number of benzene rings is 1. The Balaban J connectivity index is 2.69. The molecule has 0 fully saturated rings. The predicted octanol–water partition coefficient (Wildman–Crippen LogP) is 3.06. The number of carbonyl (C=O) groups excluding carboxylic acids is 1. The molecule has 1 amide bonds. The molecule has 0 aliphatic rings. The highest BCUT2D eigenvalue weighted by Crippen LogP contribution is 2.25. The Morgan fingerprint density at radius 2 is 2.05 bits per heavy atom. The molecule has 1 rings (SSSR count). The molecule has 0 heterocycles. The molecule has 2 unspecified atom stereocenters. The molecule has 0 spiro atoms. The van der Waals surface area contributed by atoms with E-state index in [4.69, 9.17) is 11.6 Å². The molecule has 0 aliphatic heterocycles. The summed E-state index contributed by atoms with van der Waals surface area (Å²) in [5.41, 5.74) is 0.261. The van der Waals surface area contributed by atoms with Gasteiger partial charge < -0.3 is 10.4 Å². The first-order chi connectivity index (χ1) is 8.82. The van der Waals surface area contributed by atoms with E-state index >= 15 is 0 Å². The lowest BCUT2D eigenvalue weighted by Crippen LogP contribution is -2.32. The fraction of sp³-hybridized carbons (Fsp3) is 0.500. The molecule has 0 radical (unpaired) electrons. The second-order valence-corrected chi connectivity index (χ2v) is 5.35. The molecule has 2 N–H and O–H groups in total. The van der Waals surface area contributed by atoms with E-state index in [2.05, 4.69) is 5.32 Å². The number of aliphatic hydroxyl groups is 1. The summed E-state index contributed by atoms with van der Waals surface area (Å²) >= 11 is 5.92. The van der Waals surface area contributed by atoms with Crippen LogP contribution in [-0.2, 0) is 4.79 Å². The number of hydrogen-bond donors (Lipinski definition) is 2. The van der Waals surface area contributed by atoms with Crippen molar-refractivity contribution in [1.29, 1.82) is 0 Å². The molecule has 0 aliphatic carbocycles. The SMILES string of the molecule is CC(NC(=O)CC(O)C(C)C)c1c(F)cccc1Cl. The van der Waals surface area contributed by atoms with Crippen LogP contribution in [0.5, 0.6) is 0 Å². The zero-order valence-corrected chi connectivity index (χ0v) is 12.0. The first-order valence-corrected chi connectivity index (χ1v) is 6.62. The Bertz CT molecular complexity index is 431. The number of hydrogen-bond acceptors (Lipinski definition) is 2. The predicted molar refractivity (Wildman–Crippen MR) is 73.4 cm³/mol. The normalized spacial score (nSPS) is 14.3. The second kappa shape index (κ2) is 6.87. The molecule has 19 heavy (non-hydrogen) atoms. The van der Waals surface area contributed by atoms with Gasteiger partial charge in [-0.2, -0.15) is 0 Å². The minimum atomic E-state index is -0.705. The second-order valence-electron chi connectivity index (χ2n) is 4.94. The highest BCUT2D eigenvalue weighted by molar-refractivity contribution is 6.31. The van der Waals surface area contributed by atoms with Crippen LogP contribution in [0, 0.1) is 11.7 Å². The van der Waals surface area contributed by atoms with Crippen molar-refractivity contribution in [1.82, 2.24) is 5.32 Å². The van der Waals surface area contributed by atoms with Crippen molar-refractivity contribution in [3.8, 4) is 0 Å². The summed E-state index contributed by atoms with van der Waals surface area (Å²) < 4.78 is 13.7. The van der Waals surface area contributed by atoms with Crippen LogP contribution in [0.2, 0.25) is 5.02 Å². The van der Waals surface area contributed by atoms with Crippen molar-refractivity contribution in [2.24, 2.45) is 5.92 Å². The van der Waals surface area contributed by atoms with Crippen LogP contribution in [0.4, 0.5) is 4.39 Å². The Morgan fingerprint density at radius 1 is 1.42 bits per heavy atom. The van der Waals surface area contributed by atoms with Gasteiger partial charge >= 0.3 is 0 Å². The van der Waals surface area contributed by atoms with Crippen LogP contribution < -0.4 is 5.32 Å². The molecule has 0 saturated heterocycles. The maximum atomic E-state index is 13.7. The van der Waals surface area contributed by atoms with E-state index in [-0.39, 0.29) is 28.8 Å². The van der Waals surface area contributed by atoms with E-state index in [9.17, 15) is 14.3 Å². The first kappa shape index (κ1) is 15.9. The Morgan fingerprint density at radius 3 is 2.58 bits per heavy atom. The van der Waals surface area contributed by atoms with Gasteiger partial charge in [0.2, 0.25) is 5.91 Å². The highest BCUT2D eigenvalue weighted by Gasteiger charge is 2.19. The molecule has 2 atom stereocenters. The van der Waals surface area contributed by atoms with E-state index in [0.29, 0.717) is 0 Å². The third-order valence-electron chi connectivity index (χ3n) is 2.97. The van der Waals surface area contributed by atoms with Crippen molar-refractivity contribution < 1.29 is 14.3 Å². The standard InChI is InChI=1S/C14H19ClFNO2/c1-8(2)12(18)7-13(19)17-9(3)14-10(15)5-4-6-11(14)16/h4-6,8-9,12,18H,7H2,1-3H3,(H,17,19). The number of carbonyl (C=O) groups is 1. The Kier molecular flexibility index (Phi) is 5.76. The number of amides is 1. The number of nitrogens with one attached hydrogen (secondary N) is 1. The van der Waals surface area contributed by atoms with Crippen molar-refractivity contribution in [3.05, 3.63) is 34.6 Å². The van der Waals surface area contributed by atoms with Gasteiger partial charge in [0.1, 0.15) is 5.82 Å². The van der Waals surface area contributed by atoms with Gasteiger partial charge in [0.05, 0.1) is 18.6 Å². The van der Waals surface area contributed by atoms with Gasteiger partial charge in [0, 0.05) is 10.6 Å². The average Bonchev–Trinajstić information content (AvgIpc) is 2.27. The molecule has 1 aromatic rings. The summed E-state index contributed by atoms with van der Waals surface area (Å²) in [7, 11) is 0. The largest absolute Gasteiger partial charge is 0.392 e. The lowest BCUT2D eigenvalue weighted by molar-refractivity contribution is -0.124. The van der Waals surface area contributed by atoms with Gasteiger partial charge in [-0.1, -0.05) is 31.5 Å². The van der Waals surface area contributed by atoms with Crippen LogP contribution in [0.25, 0.3) is 0 Å². The van der Waals surface area contributed by atoms with Crippen LogP contribution in [0.15, 0.2) is 18.2 Å². The zero-order chi connectivity index (χ0) is 14.6. The van der Waals surface area contributed by atoms with Crippen molar-refractivity contribution >= 4 is 17.5 Å². The van der Waals surface area contributed by atoms with E-state index in [1.54, 1.807) is 13.0 Å². The monoisotopic (exact) mass is 287 g/mol. The van der Waals surface area contributed by atoms with Gasteiger partial charge in [-0.3, -0.25) is 4.79 Å². The third kappa shape index (κ3) is 4.48. The Labute approximate surface area is 117 Å². The van der Waals surface area contributed by atoms with Crippen molar-refractivity contribution in [2.45, 2.75) is 39.3 Å². The summed E-state index contributed by atoms with van der Waals surface area (Å²) in [4.78, 5) is 11.7. The maximum absolute atomic E-state index is 13.7. The van der Waals surface area contributed by atoms with Crippen LogP contribution >= 0.6 is 11.6 Å². The van der Waals surface area contributed by atoms with E-state index in [0.717, 1.165) is 0 Å². The molecule has 5 heteroatoms. The lowest BCUT2D eigenvalue weighted by atomic mass is 10.0. The van der Waals surface area contributed by atoms with Gasteiger partial charge in [-0.15, -0.1) is 0 Å². The Hall–Kier alpha value is -1.13. The maximum Gasteiger partial charge on any atom is 0.223 e. The summed E-state index contributed by atoms with van der Waals surface area (Å²) in [6, 6.07) is 3.84. The summed E-state index contributed by atoms with van der Waals surface area (Å²) in [5, 5.41) is 12.5. The molecular formula is C14H19ClFNO2. The summed E-state index contributed by atoms with van der Waals surface area (Å²) in [5.74, 6) is -0.782. The minimum absolute atomic E-state index is 0.00175. The number of halogens is 2. The highest BCUT2D eigenvalue weighted by atomic mass is 35.5. The molecule has 0 saturated carbocycles. The molecule has 0 aromatic heterocycles. The van der Waals surface area contributed by atoms with Crippen molar-refractivity contribution in [3.63, 3.8) is 0 Å². The third-order valence-corrected chi connectivity index (χ3v) is 3.30. The fourth-order valence-electron chi connectivity index (χ4n) is 1.72. The minimum Gasteiger partial charge on any atom is -0.392 e. The van der Waals surface area contributed by atoms with Gasteiger partial charge in [0.15, 0.2) is 0 Å². The van der Waals surface area contributed by atoms with Crippen LogP contribution in [0.3, 0.4) is 0 Å². The first-order valence-electron chi connectivity index (χ1n) is 6.24. The van der Waals surface area contributed by atoms with Gasteiger partial charge in [-0.25, -0.2) is 4.39 Å². The van der Waals surface area contributed by atoms with Gasteiger partial charge in [0.25, 0.3) is 0 Å². The molecule has 0 bridgehead atoms. The molecule has 3 nitrogen and oxygen atoms in total. The topological polar surface area (TPSA) is 49.3 Å². The number of aliphatic hydroxyl groups excluding tert-OH is 1. The molecule has 1 aromatic carbocycles. The average molecular weight is 288 g/mol. The molecular weight excluding hydrogens is 269 g/mol. The van der Waals surface area contributed by atoms with Crippen molar-refractivity contribution in [2.75, 3.05) is 0 Å². The lowest BCUT2D eigenvalue weighted by Gasteiger charge is -2.19. The van der Waals surface area contributed by atoms with Crippen LogP contribution in [0.1, 0.15) is 38.8 Å². The van der Waals surface area contributed by atoms with E-state index in [1.807, 2.05) is 13.8 Å². The summed E-state index contributed by atoms with van der Waals surface area (Å²) in [6.45, 7) is 5.31. The molecule has 106 valence electrons. The van der Waals surface area contributed by atoms with Gasteiger partial charge in [-0.05, 0) is 25.0 Å². The van der Waals surface area contributed by atoms with E-state index < -0.39 is 18.0 Å². The van der Waals surface area contributed by atoms with Crippen LogP contribution in [-0.4, -0.2) is 17.1 Å². The van der Waals surface area contributed by atoms with E-state index in [1.165, 1.54) is 12.1 Å². The quantitative estimate of drug-likeness (QED) is 0.874. The fourth-order valence-corrected chi connectivity index (χ4v) is 2.05. The smallest absolute Gasteiger partial charge is 0.223 e. The summed E-state index contributed by atoms with van der Waals surface area (Å²) in [6.07, 6.45) is -0.711. The zero-order valence-electron chi connectivity index (χ0n) is 11.3.